The Bertz CT molecular complexity index is 454. The fourth-order valence-corrected chi connectivity index (χ4v) is 2.87. The Kier molecular flexibility index (Phi) is 4.25. The lowest BCUT2D eigenvalue weighted by molar-refractivity contribution is -0.121. The molecule has 1 amide bonds. The van der Waals surface area contributed by atoms with Gasteiger partial charge in [0, 0.05) is 13.0 Å². The van der Waals surface area contributed by atoms with Crippen LogP contribution in [-0.2, 0) is 10.2 Å². The maximum absolute atomic E-state index is 11.9. The molecule has 0 spiro atoms. The molecule has 19 heavy (non-hydrogen) atoms. The molecule has 0 aromatic heterocycles. The summed E-state index contributed by atoms with van der Waals surface area (Å²) < 4.78 is 0. The molecule has 0 bridgehead atoms. The van der Waals surface area contributed by atoms with Gasteiger partial charge in [-0.1, -0.05) is 38.1 Å². The molecule has 0 saturated heterocycles. The van der Waals surface area contributed by atoms with Gasteiger partial charge in [0.15, 0.2) is 0 Å². The predicted octanol–water partition coefficient (Wildman–Crippen LogP) is 2.52. The second-order valence-electron chi connectivity index (χ2n) is 5.98. The van der Waals surface area contributed by atoms with Crippen molar-refractivity contribution in [1.29, 1.82) is 0 Å². The van der Waals surface area contributed by atoms with Crippen LogP contribution in [0.3, 0.4) is 0 Å². The minimum Gasteiger partial charge on any atom is -0.349 e. The summed E-state index contributed by atoms with van der Waals surface area (Å²) in [6.07, 6.45) is 2.68. The van der Waals surface area contributed by atoms with E-state index >= 15 is 0 Å². The molecule has 0 radical (unpaired) electrons. The number of nitrogens with one attached hydrogen (secondary N) is 2. The minimum absolute atomic E-state index is 0.133. The van der Waals surface area contributed by atoms with E-state index in [1.165, 1.54) is 11.1 Å². The summed E-state index contributed by atoms with van der Waals surface area (Å²) in [5, 5.41) is 6.18. The van der Waals surface area contributed by atoms with Crippen LogP contribution in [0.25, 0.3) is 0 Å². The molecule has 0 saturated carbocycles. The van der Waals surface area contributed by atoms with Crippen LogP contribution in [-0.4, -0.2) is 19.5 Å². The molecule has 3 heteroatoms. The third-order valence-corrected chi connectivity index (χ3v) is 4.06. The van der Waals surface area contributed by atoms with E-state index in [0.717, 1.165) is 19.4 Å². The van der Waals surface area contributed by atoms with Gasteiger partial charge in [-0.3, -0.25) is 4.79 Å². The second kappa shape index (κ2) is 5.74. The standard InChI is InChI=1S/C16H24N2O/c1-16(2)10-8-14(18-15(19)9-11-17-3)12-6-4-5-7-13(12)16/h4-7,14,17H,8-11H2,1-3H3,(H,18,19). The van der Waals surface area contributed by atoms with Gasteiger partial charge < -0.3 is 10.6 Å². The number of hydrogen-bond donors (Lipinski definition) is 2. The maximum atomic E-state index is 11.9. The summed E-state index contributed by atoms with van der Waals surface area (Å²) in [4.78, 5) is 11.9. The summed E-state index contributed by atoms with van der Waals surface area (Å²) in [5.41, 5.74) is 2.87. The van der Waals surface area contributed by atoms with Crippen molar-refractivity contribution in [1.82, 2.24) is 10.6 Å². The van der Waals surface area contributed by atoms with Gasteiger partial charge in [-0.2, -0.15) is 0 Å². The number of benzene rings is 1. The van der Waals surface area contributed by atoms with Crippen molar-refractivity contribution in [2.75, 3.05) is 13.6 Å². The lowest BCUT2D eigenvalue weighted by atomic mass is 9.71. The highest BCUT2D eigenvalue weighted by Crippen LogP contribution is 2.41. The third kappa shape index (κ3) is 3.16. The van der Waals surface area contributed by atoms with Crippen molar-refractivity contribution in [2.45, 2.75) is 44.6 Å². The van der Waals surface area contributed by atoms with Crippen molar-refractivity contribution in [3.05, 3.63) is 35.4 Å². The molecule has 0 heterocycles. The third-order valence-electron chi connectivity index (χ3n) is 4.06. The van der Waals surface area contributed by atoms with Gasteiger partial charge in [0.1, 0.15) is 0 Å². The zero-order valence-corrected chi connectivity index (χ0v) is 12.1. The van der Waals surface area contributed by atoms with E-state index in [1.54, 1.807) is 0 Å². The van der Waals surface area contributed by atoms with Gasteiger partial charge in [0.25, 0.3) is 0 Å². The zero-order chi connectivity index (χ0) is 13.9. The average molecular weight is 260 g/mol. The van der Waals surface area contributed by atoms with E-state index in [-0.39, 0.29) is 17.4 Å². The zero-order valence-electron chi connectivity index (χ0n) is 12.1. The normalized spacial score (nSPS) is 20.7. The molecule has 1 aromatic rings. The Labute approximate surface area is 115 Å². The van der Waals surface area contributed by atoms with Crippen LogP contribution in [0, 0.1) is 0 Å². The monoisotopic (exact) mass is 260 g/mol. The molecule has 1 aliphatic carbocycles. The van der Waals surface area contributed by atoms with Crippen LogP contribution in [0.5, 0.6) is 0 Å². The second-order valence-corrected chi connectivity index (χ2v) is 5.98. The highest BCUT2D eigenvalue weighted by Gasteiger charge is 2.32. The van der Waals surface area contributed by atoms with Crippen LogP contribution >= 0.6 is 0 Å². The number of fused-ring (bicyclic) bond motifs is 1. The van der Waals surface area contributed by atoms with Gasteiger partial charge in [-0.05, 0) is 36.4 Å². The van der Waals surface area contributed by atoms with Crippen LogP contribution in [0.15, 0.2) is 24.3 Å². The Morgan fingerprint density at radius 2 is 2.11 bits per heavy atom. The van der Waals surface area contributed by atoms with E-state index < -0.39 is 0 Å². The van der Waals surface area contributed by atoms with Crippen LogP contribution < -0.4 is 10.6 Å². The minimum atomic E-state index is 0.133. The molecule has 0 fully saturated rings. The first kappa shape index (κ1) is 14.1. The van der Waals surface area contributed by atoms with Gasteiger partial charge in [0.05, 0.1) is 6.04 Å². The Morgan fingerprint density at radius 3 is 2.84 bits per heavy atom. The summed E-state index contributed by atoms with van der Waals surface area (Å²) in [6, 6.07) is 8.67. The molecule has 104 valence electrons. The predicted molar refractivity (Wildman–Crippen MR) is 78.1 cm³/mol. The van der Waals surface area contributed by atoms with Gasteiger partial charge in [-0.15, -0.1) is 0 Å². The van der Waals surface area contributed by atoms with Crippen LogP contribution in [0.2, 0.25) is 0 Å². The van der Waals surface area contributed by atoms with E-state index in [9.17, 15) is 4.79 Å². The van der Waals surface area contributed by atoms with Crippen molar-refractivity contribution in [2.24, 2.45) is 0 Å². The molecule has 3 nitrogen and oxygen atoms in total. The highest BCUT2D eigenvalue weighted by atomic mass is 16.1. The lowest BCUT2D eigenvalue weighted by Crippen LogP contribution is -2.36. The average Bonchev–Trinajstić information content (AvgIpc) is 2.40. The van der Waals surface area contributed by atoms with E-state index in [0.29, 0.717) is 6.42 Å². The molecule has 2 N–H and O–H groups in total. The summed E-state index contributed by atoms with van der Waals surface area (Å²) in [6.45, 7) is 5.29. The number of amides is 1. The van der Waals surface area contributed by atoms with Crippen molar-refractivity contribution in [3.8, 4) is 0 Å². The molecule has 0 aliphatic heterocycles. The molecule has 2 rings (SSSR count). The molecule has 1 aromatic carbocycles. The maximum Gasteiger partial charge on any atom is 0.221 e. The summed E-state index contributed by atoms with van der Waals surface area (Å²) in [5.74, 6) is 0.133. The Balaban J connectivity index is 2.14. The fraction of sp³-hybridized carbons (Fsp3) is 0.562. The molecule has 1 aliphatic rings. The number of rotatable bonds is 4. The molecular weight excluding hydrogens is 236 g/mol. The largest absolute Gasteiger partial charge is 0.349 e. The fourth-order valence-electron chi connectivity index (χ4n) is 2.87. The van der Waals surface area contributed by atoms with Gasteiger partial charge in [0.2, 0.25) is 5.91 Å². The van der Waals surface area contributed by atoms with E-state index in [4.69, 9.17) is 0 Å². The first-order valence-corrected chi connectivity index (χ1v) is 7.08. The van der Waals surface area contributed by atoms with Crippen LogP contribution in [0.1, 0.15) is 50.3 Å². The molecular formula is C16H24N2O. The quantitative estimate of drug-likeness (QED) is 0.873. The topological polar surface area (TPSA) is 41.1 Å². The van der Waals surface area contributed by atoms with E-state index in [2.05, 4.69) is 48.7 Å². The SMILES string of the molecule is CNCCC(=O)NC1CCC(C)(C)c2ccccc21. The smallest absolute Gasteiger partial charge is 0.221 e. The van der Waals surface area contributed by atoms with Crippen molar-refractivity contribution < 1.29 is 4.79 Å². The Morgan fingerprint density at radius 1 is 1.37 bits per heavy atom. The van der Waals surface area contributed by atoms with Gasteiger partial charge in [-0.25, -0.2) is 0 Å². The first-order chi connectivity index (χ1) is 9.04. The van der Waals surface area contributed by atoms with E-state index in [1.807, 2.05) is 7.05 Å². The molecule has 1 atom stereocenters. The molecule has 1 unspecified atom stereocenters. The van der Waals surface area contributed by atoms with Crippen LogP contribution in [0.4, 0.5) is 0 Å². The van der Waals surface area contributed by atoms with Crippen molar-refractivity contribution in [3.63, 3.8) is 0 Å². The number of carbonyl (C=O) groups is 1. The van der Waals surface area contributed by atoms with Crippen molar-refractivity contribution >= 4 is 5.91 Å². The lowest BCUT2D eigenvalue weighted by Gasteiger charge is -2.37. The Hall–Kier alpha value is -1.35. The number of hydrogen-bond acceptors (Lipinski definition) is 2. The summed E-state index contributed by atoms with van der Waals surface area (Å²) in [7, 11) is 1.87. The highest BCUT2D eigenvalue weighted by molar-refractivity contribution is 5.76. The van der Waals surface area contributed by atoms with Gasteiger partial charge >= 0.3 is 0 Å². The number of carbonyl (C=O) groups excluding carboxylic acids is 1. The summed E-state index contributed by atoms with van der Waals surface area (Å²) >= 11 is 0. The first-order valence-electron chi connectivity index (χ1n) is 7.08.